The largest absolute Gasteiger partial charge is 0.452 e. The molecule has 160 valence electrons. The van der Waals surface area contributed by atoms with E-state index in [2.05, 4.69) is 9.97 Å². The van der Waals surface area contributed by atoms with Gasteiger partial charge in [0.25, 0.3) is 0 Å². The molecule has 1 aliphatic rings. The van der Waals surface area contributed by atoms with Gasteiger partial charge in [0, 0.05) is 44.1 Å². The third kappa shape index (κ3) is 4.65. The number of pyridine rings is 1. The Morgan fingerprint density at radius 1 is 1.06 bits per heavy atom. The van der Waals surface area contributed by atoms with E-state index in [1.54, 1.807) is 42.5 Å². The van der Waals surface area contributed by atoms with Crippen molar-refractivity contribution in [3.63, 3.8) is 0 Å². The fraction of sp³-hybridized carbons (Fsp3) is 0.273. The van der Waals surface area contributed by atoms with E-state index in [1.165, 1.54) is 6.20 Å². The van der Waals surface area contributed by atoms with Crippen LogP contribution >= 0.6 is 0 Å². The number of carbonyl (C=O) groups excluding carboxylic acids is 2. The molecule has 3 heterocycles. The van der Waals surface area contributed by atoms with Crippen LogP contribution in [0.15, 0.2) is 53.1 Å². The van der Waals surface area contributed by atoms with Gasteiger partial charge in [0.05, 0.1) is 0 Å². The smallest absolute Gasteiger partial charge is 0.431 e. The number of rotatable bonds is 5. The number of ketones is 2. The first-order valence-electron chi connectivity index (χ1n) is 9.69. The molecule has 4 rings (SSSR count). The molecule has 31 heavy (non-hydrogen) atoms. The summed E-state index contributed by atoms with van der Waals surface area (Å²) in [6, 6.07) is 11.4. The van der Waals surface area contributed by atoms with Crippen LogP contribution in [0, 0.1) is 0 Å². The van der Waals surface area contributed by atoms with Gasteiger partial charge in [-0.05, 0) is 23.8 Å². The monoisotopic (exact) mass is 429 g/mol. The van der Waals surface area contributed by atoms with E-state index < -0.39 is 23.4 Å². The van der Waals surface area contributed by atoms with Crippen molar-refractivity contribution in [1.82, 2.24) is 9.97 Å². The van der Waals surface area contributed by atoms with Crippen LogP contribution in [0.5, 0.6) is 0 Å². The summed E-state index contributed by atoms with van der Waals surface area (Å²) in [6.07, 6.45) is -2.78. The number of hydrogen-bond acceptors (Lipinski definition) is 6. The van der Waals surface area contributed by atoms with Gasteiger partial charge in [-0.25, -0.2) is 9.97 Å². The molecule has 0 bridgehead atoms. The van der Waals surface area contributed by atoms with Gasteiger partial charge in [-0.15, -0.1) is 0 Å². The van der Waals surface area contributed by atoms with Gasteiger partial charge in [0.1, 0.15) is 11.6 Å². The van der Waals surface area contributed by atoms with Crippen LogP contribution in [-0.2, 0) is 17.4 Å². The van der Waals surface area contributed by atoms with E-state index in [0.717, 1.165) is 0 Å². The predicted octanol–water partition coefficient (Wildman–Crippen LogP) is 4.35. The summed E-state index contributed by atoms with van der Waals surface area (Å²) in [5.74, 6) is -1.60. The second-order valence-electron chi connectivity index (χ2n) is 7.21. The quantitative estimate of drug-likeness (QED) is 0.562. The van der Waals surface area contributed by atoms with Gasteiger partial charge in [0.2, 0.25) is 11.7 Å². The van der Waals surface area contributed by atoms with E-state index in [9.17, 15) is 22.8 Å². The van der Waals surface area contributed by atoms with Crippen molar-refractivity contribution in [2.24, 2.45) is 0 Å². The van der Waals surface area contributed by atoms with Gasteiger partial charge in [-0.2, -0.15) is 13.2 Å². The number of alkyl halides is 3. The molecule has 0 N–H and O–H groups in total. The van der Waals surface area contributed by atoms with Crippen molar-refractivity contribution < 1.29 is 27.2 Å². The molecule has 0 atom stereocenters. The highest BCUT2D eigenvalue weighted by Gasteiger charge is 2.41. The number of carbonyl (C=O) groups is 2. The van der Waals surface area contributed by atoms with E-state index in [0.29, 0.717) is 42.9 Å². The number of Topliss-reactive ketones (excluding diaryl/α,β-unsaturated/α-hetero) is 2. The number of piperidine rings is 1. The molecular formula is C22H18F3N3O3. The Bertz CT molecular complexity index is 1080. The van der Waals surface area contributed by atoms with E-state index in [1.807, 2.05) is 4.90 Å². The molecule has 0 saturated carbocycles. The number of benzene rings is 1. The topological polar surface area (TPSA) is 76.3 Å². The molecule has 1 aliphatic heterocycles. The highest BCUT2D eigenvalue weighted by molar-refractivity contribution is 5.97. The lowest BCUT2D eigenvalue weighted by Gasteiger charge is -2.27. The first kappa shape index (κ1) is 20.8. The van der Waals surface area contributed by atoms with Gasteiger partial charge >= 0.3 is 6.18 Å². The van der Waals surface area contributed by atoms with E-state index >= 15 is 0 Å². The normalized spacial score (nSPS) is 14.7. The second-order valence-corrected chi connectivity index (χ2v) is 7.21. The number of nitrogens with zero attached hydrogens (tertiary/aromatic N) is 3. The molecule has 1 aromatic carbocycles. The first-order valence-corrected chi connectivity index (χ1v) is 9.69. The molecule has 0 amide bonds. The van der Waals surface area contributed by atoms with Crippen molar-refractivity contribution in [2.45, 2.75) is 25.4 Å². The average Bonchev–Trinajstić information content (AvgIpc) is 3.22. The van der Waals surface area contributed by atoms with Crippen LogP contribution in [0.4, 0.5) is 19.0 Å². The van der Waals surface area contributed by atoms with Crippen molar-refractivity contribution >= 4 is 17.4 Å². The summed E-state index contributed by atoms with van der Waals surface area (Å²) in [5, 5.41) is 0. The summed E-state index contributed by atoms with van der Waals surface area (Å²) in [5.41, 5.74) is 0.0577. The average molecular weight is 429 g/mol. The molecular weight excluding hydrogens is 411 g/mol. The molecule has 0 radical (unpaired) electrons. The lowest BCUT2D eigenvalue weighted by atomic mass is 10.1. The van der Waals surface area contributed by atoms with Crippen molar-refractivity contribution in [3.05, 3.63) is 65.7 Å². The van der Waals surface area contributed by atoms with Gasteiger partial charge in [0.15, 0.2) is 11.5 Å². The summed E-state index contributed by atoms with van der Waals surface area (Å²) >= 11 is 0. The maximum absolute atomic E-state index is 13.4. The molecule has 0 spiro atoms. The molecule has 0 unspecified atom stereocenters. The Balaban J connectivity index is 1.54. The standard InChI is InChI=1S/C22H18F3N3O3/c23-22(24,25)20-19(27-21(31-20)15-4-2-1-3-5-15)17(30)12-14-6-7-18(26-13-14)28-10-8-16(29)9-11-28/h1-7,13H,8-12H2. The van der Waals surface area contributed by atoms with Crippen LogP contribution in [0.2, 0.25) is 0 Å². The van der Waals surface area contributed by atoms with Crippen LogP contribution in [0.25, 0.3) is 11.5 Å². The minimum Gasteiger partial charge on any atom is -0.431 e. The maximum atomic E-state index is 13.4. The minimum absolute atomic E-state index is 0.210. The summed E-state index contributed by atoms with van der Waals surface area (Å²) in [4.78, 5) is 34.1. The Morgan fingerprint density at radius 3 is 2.39 bits per heavy atom. The Kier molecular flexibility index (Phi) is 5.58. The highest BCUT2D eigenvalue weighted by Crippen LogP contribution is 2.35. The van der Waals surface area contributed by atoms with Gasteiger partial charge < -0.3 is 9.32 Å². The number of anilines is 1. The molecule has 9 heteroatoms. The van der Waals surface area contributed by atoms with Crippen LogP contribution in [0.1, 0.15) is 34.7 Å². The number of oxazole rings is 1. The molecule has 0 aliphatic carbocycles. The Hall–Kier alpha value is -3.49. The molecule has 1 fully saturated rings. The first-order chi connectivity index (χ1) is 14.8. The zero-order valence-electron chi connectivity index (χ0n) is 16.4. The Labute approximate surface area is 175 Å². The molecule has 1 saturated heterocycles. The maximum Gasteiger partial charge on any atom is 0.452 e. The SMILES string of the molecule is O=C1CCN(c2ccc(CC(=O)c3nc(-c4ccccc4)oc3C(F)(F)F)cn2)CC1. The summed E-state index contributed by atoms with van der Waals surface area (Å²) < 4.78 is 45.2. The zero-order valence-corrected chi connectivity index (χ0v) is 16.4. The fourth-order valence-corrected chi connectivity index (χ4v) is 3.37. The van der Waals surface area contributed by atoms with Crippen LogP contribution < -0.4 is 4.90 Å². The van der Waals surface area contributed by atoms with Gasteiger partial charge in [-0.1, -0.05) is 24.3 Å². The highest BCUT2D eigenvalue weighted by atomic mass is 19.4. The molecule has 6 nitrogen and oxygen atoms in total. The minimum atomic E-state index is -4.85. The summed E-state index contributed by atoms with van der Waals surface area (Å²) in [6.45, 7) is 1.14. The third-order valence-electron chi connectivity index (χ3n) is 4.99. The zero-order chi connectivity index (χ0) is 22.0. The van der Waals surface area contributed by atoms with Crippen molar-refractivity contribution in [1.29, 1.82) is 0 Å². The van der Waals surface area contributed by atoms with Crippen LogP contribution in [0.3, 0.4) is 0 Å². The number of aromatic nitrogens is 2. The Morgan fingerprint density at radius 2 is 1.77 bits per heavy atom. The predicted molar refractivity (Wildman–Crippen MR) is 106 cm³/mol. The van der Waals surface area contributed by atoms with E-state index in [4.69, 9.17) is 4.42 Å². The second kappa shape index (κ2) is 8.33. The van der Waals surface area contributed by atoms with Gasteiger partial charge in [-0.3, -0.25) is 9.59 Å². The van der Waals surface area contributed by atoms with E-state index in [-0.39, 0.29) is 18.1 Å². The van der Waals surface area contributed by atoms with Crippen molar-refractivity contribution in [2.75, 3.05) is 18.0 Å². The third-order valence-corrected chi connectivity index (χ3v) is 4.99. The van der Waals surface area contributed by atoms with Crippen LogP contribution in [-0.4, -0.2) is 34.6 Å². The fourth-order valence-electron chi connectivity index (χ4n) is 3.37. The summed E-state index contributed by atoms with van der Waals surface area (Å²) in [7, 11) is 0. The lowest BCUT2D eigenvalue weighted by molar-refractivity contribution is -0.153. The van der Waals surface area contributed by atoms with Crippen molar-refractivity contribution in [3.8, 4) is 11.5 Å². The lowest BCUT2D eigenvalue weighted by Crippen LogP contribution is -2.34. The molecule has 2 aromatic heterocycles. The number of halogens is 3. The number of hydrogen-bond donors (Lipinski definition) is 0. The molecule has 3 aromatic rings.